The number of benzene rings is 3. The summed E-state index contributed by atoms with van der Waals surface area (Å²) in [6.07, 6.45) is 2.27. The molecule has 0 saturated carbocycles. The highest BCUT2D eigenvalue weighted by molar-refractivity contribution is 5.91. The number of hydrogen-bond donors (Lipinski definition) is 2. The first-order valence-electron chi connectivity index (χ1n) is 15.1. The van der Waals surface area contributed by atoms with Crippen molar-refractivity contribution in [1.29, 1.82) is 0 Å². The number of hydrogen-bond acceptors (Lipinski definition) is 4. The van der Waals surface area contributed by atoms with Gasteiger partial charge in [-0.15, -0.1) is 0 Å². The van der Waals surface area contributed by atoms with Crippen LogP contribution in [0.5, 0.6) is 5.75 Å². The number of amides is 3. The maximum absolute atomic E-state index is 13.4. The van der Waals surface area contributed by atoms with Gasteiger partial charge < -0.3 is 25.0 Å². The van der Waals surface area contributed by atoms with Crippen LogP contribution in [-0.2, 0) is 29.0 Å². The van der Waals surface area contributed by atoms with Crippen LogP contribution in [0, 0.1) is 19.3 Å². The number of para-hydroxylation sites is 1. The molecule has 0 aromatic heterocycles. The predicted octanol–water partition coefficient (Wildman–Crippen LogP) is 5.99. The Balaban J connectivity index is 1.18. The maximum Gasteiger partial charge on any atom is 0.322 e. The summed E-state index contributed by atoms with van der Waals surface area (Å²) in [5.74, 6) is -0.353. The predicted molar refractivity (Wildman–Crippen MR) is 166 cm³/mol. The van der Waals surface area contributed by atoms with Crippen LogP contribution < -0.4 is 10.1 Å². The fourth-order valence-corrected chi connectivity index (χ4v) is 6.37. The summed E-state index contributed by atoms with van der Waals surface area (Å²) in [5.41, 5.74) is 4.54. The Hall–Kier alpha value is -4.33. The molecule has 8 heteroatoms. The molecule has 226 valence electrons. The number of aliphatic carboxylic acids is 1. The number of urea groups is 1. The molecular formula is C35H41N3O5. The lowest BCUT2D eigenvalue weighted by molar-refractivity contribution is -0.153. The number of carboxylic acids is 1. The van der Waals surface area contributed by atoms with Crippen molar-refractivity contribution >= 4 is 23.6 Å². The van der Waals surface area contributed by atoms with Gasteiger partial charge in [0.2, 0.25) is 5.91 Å². The van der Waals surface area contributed by atoms with Gasteiger partial charge in [0.05, 0.1) is 5.41 Å². The SMILES string of the molecule is Cc1cc(C[C@@](C)(CC(=O)N2CCC(N3CCc4ccccc4NC3=O)CC2)C(=O)O)cc(C)c1OCc1ccccc1. The van der Waals surface area contributed by atoms with Gasteiger partial charge in [-0.25, -0.2) is 4.79 Å². The van der Waals surface area contributed by atoms with Gasteiger partial charge in [-0.2, -0.15) is 0 Å². The molecule has 0 radical (unpaired) electrons. The summed E-state index contributed by atoms with van der Waals surface area (Å²) in [5, 5.41) is 13.3. The van der Waals surface area contributed by atoms with E-state index in [0.29, 0.717) is 39.1 Å². The Bertz CT molecular complexity index is 1460. The molecule has 8 nitrogen and oxygen atoms in total. The quantitative estimate of drug-likeness (QED) is 0.323. The Morgan fingerprint density at radius 2 is 1.60 bits per heavy atom. The van der Waals surface area contributed by atoms with E-state index in [4.69, 9.17) is 4.74 Å². The molecule has 43 heavy (non-hydrogen) atoms. The van der Waals surface area contributed by atoms with E-state index in [1.807, 2.05) is 85.5 Å². The second-order valence-electron chi connectivity index (χ2n) is 12.2. The molecule has 0 unspecified atom stereocenters. The van der Waals surface area contributed by atoms with Crippen molar-refractivity contribution in [3.05, 3.63) is 94.5 Å². The van der Waals surface area contributed by atoms with Gasteiger partial charge in [-0.05, 0) is 80.3 Å². The van der Waals surface area contributed by atoms with Crippen molar-refractivity contribution in [2.75, 3.05) is 25.0 Å². The maximum atomic E-state index is 13.4. The Morgan fingerprint density at radius 1 is 0.953 bits per heavy atom. The number of likely N-dealkylation sites (tertiary alicyclic amines) is 1. The van der Waals surface area contributed by atoms with Crippen LogP contribution >= 0.6 is 0 Å². The normalized spacial score (nSPS) is 17.0. The lowest BCUT2D eigenvalue weighted by Crippen LogP contribution is -2.50. The molecule has 1 atom stereocenters. The second kappa shape index (κ2) is 12.9. The van der Waals surface area contributed by atoms with E-state index in [1.165, 1.54) is 0 Å². The van der Waals surface area contributed by atoms with Crippen molar-refractivity contribution < 1.29 is 24.2 Å². The van der Waals surface area contributed by atoms with Crippen molar-refractivity contribution in [1.82, 2.24) is 9.80 Å². The van der Waals surface area contributed by atoms with Crippen LogP contribution in [0.4, 0.5) is 10.5 Å². The first kappa shape index (κ1) is 30.1. The summed E-state index contributed by atoms with van der Waals surface area (Å²) in [7, 11) is 0. The molecular weight excluding hydrogens is 542 g/mol. The highest BCUT2D eigenvalue weighted by Crippen LogP contribution is 2.33. The van der Waals surface area contributed by atoms with E-state index in [2.05, 4.69) is 5.32 Å². The Morgan fingerprint density at radius 3 is 2.28 bits per heavy atom. The van der Waals surface area contributed by atoms with E-state index in [0.717, 1.165) is 45.7 Å². The Labute approximate surface area is 253 Å². The number of ether oxygens (including phenoxy) is 1. The van der Waals surface area contributed by atoms with E-state index in [-0.39, 0.29) is 30.8 Å². The van der Waals surface area contributed by atoms with Crippen LogP contribution in [0.15, 0.2) is 66.7 Å². The van der Waals surface area contributed by atoms with Crippen LogP contribution in [-0.4, -0.2) is 58.5 Å². The zero-order chi connectivity index (χ0) is 30.6. The molecule has 2 N–H and O–H groups in total. The summed E-state index contributed by atoms with van der Waals surface area (Å²) in [6.45, 7) is 7.68. The number of anilines is 1. The molecule has 0 bridgehead atoms. The monoisotopic (exact) mass is 583 g/mol. The minimum atomic E-state index is -1.25. The van der Waals surface area contributed by atoms with Gasteiger partial charge in [0, 0.05) is 37.8 Å². The molecule has 2 heterocycles. The number of nitrogens with one attached hydrogen (secondary N) is 1. The lowest BCUT2D eigenvalue weighted by Gasteiger charge is -2.39. The number of aryl methyl sites for hydroxylation is 2. The molecule has 3 aromatic carbocycles. The van der Waals surface area contributed by atoms with Crippen molar-refractivity contribution in [2.45, 2.75) is 65.5 Å². The molecule has 2 aliphatic rings. The van der Waals surface area contributed by atoms with Crippen LogP contribution in [0.25, 0.3) is 0 Å². The highest BCUT2D eigenvalue weighted by atomic mass is 16.5. The average molecular weight is 584 g/mol. The summed E-state index contributed by atoms with van der Waals surface area (Å²) >= 11 is 0. The largest absolute Gasteiger partial charge is 0.488 e. The van der Waals surface area contributed by atoms with Crippen molar-refractivity contribution in [3.63, 3.8) is 0 Å². The minimum Gasteiger partial charge on any atom is -0.488 e. The molecule has 5 rings (SSSR count). The van der Waals surface area contributed by atoms with Crippen LogP contribution in [0.3, 0.4) is 0 Å². The molecule has 2 aliphatic heterocycles. The number of nitrogens with zero attached hydrogens (tertiary/aromatic N) is 2. The molecule has 3 amide bonds. The summed E-state index contributed by atoms with van der Waals surface area (Å²) in [4.78, 5) is 42.5. The third-order valence-corrected chi connectivity index (χ3v) is 8.80. The van der Waals surface area contributed by atoms with E-state index < -0.39 is 11.4 Å². The molecule has 0 spiro atoms. The third-order valence-electron chi connectivity index (χ3n) is 8.80. The third kappa shape index (κ3) is 7.01. The molecule has 1 saturated heterocycles. The van der Waals surface area contributed by atoms with E-state index >= 15 is 0 Å². The van der Waals surface area contributed by atoms with Crippen molar-refractivity contribution in [2.24, 2.45) is 5.41 Å². The van der Waals surface area contributed by atoms with Gasteiger partial charge in [0.25, 0.3) is 0 Å². The smallest absolute Gasteiger partial charge is 0.322 e. The fourth-order valence-electron chi connectivity index (χ4n) is 6.37. The van der Waals surface area contributed by atoms with Gasteiger partial charge in [0.15, 0.2) is 0 Å². The molecule has 3 aromatic rings. The lowest BCUT2D eigenvalue weighted by atomic mass is 9.79. The summed E-state index contributed by atoms with van der Waals surface area (Å²) in [6, 6.07) is 21.7. The van der Waals surface area contributed by atoms with Gasteiger partial charge in [0.1, 0.15) is 12.4 Å². The number of carbonyl (C=O) groups excluding carboxylic acids is 2. The highest BCUT2D eigenvalue weighted by Gasteiger charge is 2.39. The Kier molecular flexibility index (Phi) is 9.04. The van der Waals surface area contributed by atoms with Gasteiger partial charge in [-0.3, -0.25) is 9.59 Å². The molecule has 0 aliphatic carbocycles. The van der Waals surface area contributed by atoms with Gasteiger partial charge >= 0.3 is 12.0 Å². The van der Waals surface area contributed by atoms with Crippen LogP contribution in [0.1, 0.15) is 54.0 Å². The van der Waals surface area contributed by atoms with E-state index in [1.54, 1.807) is 11.8 Å². The number of fused-ring (bicyclic) bond motifs is 1. The first-order valence-corrected chi connectivity index (χ1v) is 15.1. The zero-order valence-corrected chi connectivity index (χ0v) is 25.3. The topological polar surface area (TPSA) is 99.2 Å². The van der Waals surface area contributed by atoms with Crippen molar-refractivity contribution in [3.8, 4) is 5.75 Å². The summed E-state index contributed by atoms with van der Waals surface area (Å²) < 4.78 is 6.11. The number of piperidine rings is 1. The first-order chi connectivity index (χ1) is 20.6. The fraction of sp³-hybridized carbons (Fsp3) is 0.400. The molecule has 1 fully saturated rings. The number of carbonyl (C=O) groups is 3. The minimum absolute atomic E-state index is 0.0396. The average Bonchev–Trinajstić information content (AvgIpc) is 3.15. The standard InChI is InChI=1S/C35H41N3O5/c1-24-19-27(20-25(2)32(24)43-23-26-9-5-4-6-10-26)21-35(3,33(40)41)22-31(39)37-16-14-29(15-17-37)38-18-13-28-11-7-8-12-30(28)36-34(38)42/h4-12,19-20,29H,13-18,21-23H2,1-3H3,(H,36,42)(H,40,41)/t35-/m0/s1. The van der Waals surface area contributed by atoms with Crippen LogP contribution in [0.2, 0.25) is 0 Å². The van der Waals surface area contributed by atoms with E-state index in [9.17, 15) is 19.5 Å². The number of rotatable bonds is 9. The van der Waals surface area contributed by atoms with Gasteiger partial charge in [-0.1, -0.05) is 60.7 Å². The zero-order valence-electron chi connectivity index (χ0n) is 25.3. The number of carboxylic acid groups (broad SMARTS) is 1. The second-order valence-corrected chi connectivity index (χ2v) is 12.2.